The summed E-state index contributed by atoms with van der Waals surface area (Å²) in [5.74, 6) is 0.434. The lowest BCUT2D eigenvalue weighted by atomic mass is 9.80. The topological polar surface area (TPSA) is 25.8 Å². The van der Waals surface area contributed by atoms with Crippen LogP contribution in [-0.4, -0.2) is 9.97 Å². The van der Waals surface area contributed by atoms with Crippen molar-refractivity contribution < 1.29 is 4.39 Å². The van der Waals surface area contributed by atoms with Crippen molar-refractivity contribution in [3.63, 3.8) is 0 Å². The van der Waals surface area contributed by atoms with E-state index in [4.69, 9.17) is 16.6 Å². The summed E-state index contributed by atoms with van der Waals surface area (Å²) in [6.45, 7) is 0. The van der Waals surface area contributed by atoms with Crippen LogP contribution in [-0.2, 0) is 0 Å². The summed E-state index contributed by atoms with van der Waals surface area (Å²) in [5, 5.41) is 1.21. The van der Waals surface area contributed by atoms with Crippen LogP contribution in [0.15, 0.2) is 66.9 Å². The van der Waals surface area contributed by atoms with E-state index in [-0.39, 0.29) is 5.82 Å². The van der Waals surface area contributed by atoms with Gasteiger partial charge in [-0.05, 0) is 54.2 Å². The second-order valence-electron chi connectivity index (χ2n) is 7.31. The predicted octanol–water partition coefficient (Wildman–Crippen LogP) is 7.02. The van der Waals surface area contributed by atoms with Crippen molar-refractivity contribution in [1.29, 1.82) is 0 Å². The van der Waals surface area contributed by atoms with Gasteiger partial charge in [0.2, 0.25) is 0 Å². The van der Waals surface area contributed by atoms with Gasteiger partial charge in [0.05, 0.1) is 11.2 Å². The second-order valence-corrected chi connectivity index (χ2v) is 7.67. The highest BCUT2D eigenvalue weighted by molar-refractivity contribution is 6.34. The summed E-state index contributed by atoms with van der Waals surface area (Å²) in [5.41, 5.74) is 5.90. The normalized spacial score (nSPS) is 14.2. The molecular formula is C24H18ClFN2. The molecule has 0 atom stereocenters. The molecular weight excluding hydrogens is 371 g/mol. The summed E-state index contributed by atoms with van der Waals surface area (Å²) in [4.78, 5) is 9.07. The fourth-order valence-corrected chi connectivity index (χ4v) is 3.99. The number of benzene rings is 2. The minimum Gasteiger partial charge on any atom is -0.247 e. The zero-order valence-electron chi connectivity index (χ0n) is 15.2. The number of rotatable bonds is 3. The van der Waals surface area contributed by atoms with E-state index in [0.29, 0.717) is 11.1 Å². The SMILES string of the molecule is Fc1ccc(-c2cc3c(Cl)nccc3nc2-c2ccc(C3CCC3)cc2)cc1. The molecule has 4 aromatic rings. The first-order chi connectivity index (χ1) is 13.7. The fourth-order valence-electron chi connectivity index (χ4n) is 3.79. The maximum absolute atomic E-state index is 13.5. The van der Waals surface area contributed by atoms with E-state index in [0.717, 1.165) is 33.3 Å². The lowest BCUT2D eigenvalue weighted by Gasteiger charge is -2.25. The van der Waals surface area contributed by atoms with Gasteiger partial charge in [-0.1, -0.05) is 54.4 Å². The highest BCUT2D eigenvalue weighted by Gasteiger charge is 2.20. The van der Waals surface area contributed by atoms with Crippen molar-refractivity contribution in [2.24, 2.45) is 0 Å². The van der Waals surface area contributed by atoms with Gasteiger partial charge < -0.3 is 0 Å². The minimum absolute atomic E-state index is 0.261. The summed E-state index contributed by atoms with van der Waals surface area (Å²) in [7, 11) is 0. The van der Waals surface area contributed by atoms with Crippen LogP contribution < -0.4 is 0 Å². The molecule has 0 saturated heterocycles. The first kappa shape index (κ1) is 17.3. The summed E-state index contributed by atoms with van der Waals surface area (Å²) >= 11 is 6.31. The Bertz CT molecular complexity index is 1150. The van der Waals surface area contributed by atoms with Gasteiger partial charge in [0, 0.05) is 22.7 Å². The average Bonchev–Trinajstić information content (AvgIpc) is 2.67. The van der Waals surface area contributed by atoms with Crippen LogP contribution in [0.25, 0.3) is 33.3 Å². The molecule has 1 saturated carbocycles. The van der Waals surface area contributed by atoms with Gasteiger partial charge in [0.25, 0.3) is 0 Å². The van der Waals surface area contributed by atoms with Crippen LogP contribution in [0, 0.1) is 5.82 Å². The molecule has 1 fully saturated rings. The Labute approximate surface area is 168 Å². The van der Waals surface area contributed by atoms with Crippen LogP contribution >= 0.6 is 11.6 Å². The van der Waals surface area contributed by atoms with Gasteiger partial charge in [-0.15, -0.1) is 0 Å². The zero-order chi connectivity index (χ0) is 19.1. The van der Waals surface area contributed by atoms with Gasteiger partial charge in [0.15, 0.2) is 0 Å². The molecule has 0 bridgehead atoms. The number of halogens is 2. The Morgan fingerprint density at radius 2 is 1.61 bits per heavy atom. The summed E-state index contributed by atoms with van der Waals surface area (Å²) in [6.07, 6.45) is 5.54. The lowest BCUT2D eigenvalue weighted by molar-refractivity contribution is 0.420. The van der Waals surface area contributed by atoms with Gasteiger partial charge >= 0.3 is 0 Å². The van der Waals surface area contributed by atoms with Crippen LogP contribution in [0.2, 0.25) is 5.15 Å². The van der Waals surface area contributed by atoms with Crippen LogP contribution in [0.5, 0.6) is 0 Å². The monoisotopic (exact) mass is 388 g/mol. The van der Waals surface area contributed by atoms with Gasteiger partial charge in [-0.3, -0.25) is 0 Å². The molecule has 28 heavy (non-hydrogen) atoms. The highest BCUT2D eigenvalue weighted by Crippen LogP contribution is 2.39. The van der Waals surface area contributed by atoms with Crippen molar-refractivity contribution in [1.82, 2.24) is 9.97 Å². The molecule has 2 aromatic heterocycles. The molecule has 0 N–H and O–H groups in total. The van der Waals surface area contributed by atoms with Gasteiger partial charge in [0.1, 0.15) is 11.0 Å². The van der Waals surface area contributed by atoms with E-state index >= 15 is 0 Å². The number of hydrogen-bond acceptors (Lipinski definition) is 2. The molecule has 1 aliphatic rings. The average molecular weight is 389 g/mol. The lowest BCUT2D eigenvalue weighted by Crippen LogP contribution is -2.08. The maximum atomic E-state index is 13.5. The third-order valence-electron chi connectivity index (χ3n) is 5.61. The smallest absolute Gasteiger partial charge is 0.138 e. The Kier molecular flexibility index (Phi) is 4.33. The quantitative estimate of drug-likeness (QED) is 0.352. The van der Waals surface area contributed by atoms with Crippen molar-refractivity contribution >= 4 is 22.5 Å². The molecule has 5 rings (SSSR count). The number of pyridine rings is 2. The van der Waals surface area contributed by atoms with E-state index in [1.807, 2.05) is 12.1 Å². The van der Waals surface area contributed by atoms with Crippen molar-refractivity contribution in [3.8, 4) is 22.4 Å². The fraction of sp³-hybridized carbons (Fsp3) is 0.167. The molecule has 2 aromatic carbocycles. The highest BCUT2D eigenvalue weighted by atomic mass is 35.5. The third-order valence-corrected chi connectivity index (χ3v) is 5.91. The maximum Gasteiger partial charge on any atom is 0.138 e. The molecule has 0 spiro atoms. The molecule has 0 aliphatic heterocycles. The summed E-state index contributed by atoms with van der Waals surface area (Å²) < 4.78 is 13.5. The Morgan fingerprint density at radius 3 is 2.29 bits per heavy atom. The number of aromatic nitrogens is 2. The third kappa shape index (κ3) is 3.06. The van der Waals surface area contributed by atoms with Gasteiger partial charge in [-0.2, -0.15) is 0 Å². The van der Waals surface area contributed by atoms with E-state index in [2.05, 4.69) is 29.2 Å². The number of hydrogen-bond donors (Lipinski definition) is 0. The standard InChI is InChI=1S/C24H18ClFN2/c25-24-21-14-20(17-8-10-19(26)11-9-17)23(28-22(21)12-13-27-24)18-6-4-16(5-7-18)15-2-1-3-15/h4-15H,1-3H2. The van der Waals surface area contributed by atoms with Crippen molar-refractivity contribution in [2.75, 3.05) is 0 Å². The Morgan fingerprint density at radius 1 is 0.893 bits per heavy atom. The second kappa shape index (κ2) is 6.99. The molecule has 2 heterocycles. The molecule has 138 valence electrons. The minimum atomic E-state index is -0.261. The molecule has 0 amide bonds. The Hall–Kier alpha value is -2.78. The largest absolute Gasteiger partial charge is 0.247 e. The van der Waals surface area contributed by atoms with Crippen molar-refractivity contribution in [3.05, 3.63) is 83.4 Å². The molecule has 0 unspecified atom stereocenters. The molecule has 0 radical (unpaired) electrons. The van der Waals surface area contributed by atoms with E-state index in [1.165, 1.54) is 37.0 Å². The van der Waals surface area contributed by atoms with Crippen LogP contribution in [0.3, 0.4) is 0 Å². The first-order valence-electron chi connectivity index (χ1n) is 9.50. The summed E-state index contributed by atoms with van der Waals surface area (Å²) in [6, 6.07) is 19.0. The van der Waals surface area contributed by atoms with Crippen molar-refractivity contribution in [2.45, 2.75) is 25.2 Å². The Balaban J connectivity index is 1.69. The predicted molar refractivity (Wildman–Crippen MR) is 112 cm³/mol. The number of nitrogens with zero attached hydrogens (tertiary/aromatic N) is 2. The zero-order valence-corrected chi connectivity index (χ0v) is 16.0. The molecule has 4 heteroatoms. The van der Waals surface area contributed by atoms with Gasteiger partial charge in [-0.25, -0.2) is 14.4 Å². The van der Waals surface area contributed by atoms with E-state index in [9.17, 15) is 4.39 Å². The number of fused-ring (bicyclic) bond motifs is 1. The van der Waals surface area contributed by atoms with Crippen LogP contribution in [0.4, 0.5) is 4.39 Å². The first-order valence-corrected chi connectivity index (χ1v) is 9.88. The van der Waals surface area contributed by atoms with Crippen LogP contribution in [0.1, 0.15) is 30.7 Å². The van der Waals surface area contributed by atoms with E-state index < -0.39 is 0 Å². The molecule has 1 aliphatic carbocycles. The van der Waals surface area contributed by atoms with E-state index in [1.54, 1.807) is 18.3 Å². The molecule has 2 nitrogen and oxygen atoms in total.